The van der Waals surface area contributed by atoms with E-state index in [2.05, 4.69) is 10.1 Å². The van der Waals surface area contributed by atoms with Crippen molar-refractivity contribution in [3.63, 3.8) is 0 Å². The SMILES string of the molecule is Cc1noc([C@H]2CC[C@@H](C(=O)O)O2)n1. The van der Waals surface area contributed by atoms with Crippen molar-refractivity contribution in [3.05, 3.63) is 11.7 Å². The van der Waals surface area contributed by atoms with Gasteiger partial charge in [0, 0.05) is 0 Å². The van der Waals surface area contributed by atoms with Crippen LogP contribution < -0.4 is 0 Å². The van der Waals surface area contributed by atoms with Gasteiger partial charge in [-0.2, -0.15) is 4.98 Å². The highest BCUT2D eigenvalue weighted by atomic mass is 16.5. The standard InChI is InChI=1S/C8H10N2O4/c1-4-9-7(14-10-4)5-2-3-6(13-5)8(11)12/h5-6H,2-3H2,1H3,(H,11,12)/t5-,6+/m1/s1. The first kappa shape index (κ1) is 9.14. The van der Waals surface area contributed by atoms with Gasteiger partial charge in [-0.25, -0.2) is 4.79 Å². The second-order valence-electron chi connectivity index (χ2n) is 3.21. The second kappa shape index (κ2) is 3.38. The molecule has 0 spiro atoms. The van der Waals surface area contributed by atoms with E-state index in [0.29, 0.717) is 24.6 Å². The molecule has 6 nitrogen and oxygen atoms in total. The fourth-order valence-corrected chi connectivity index (χ4v) is 1.44. The van der Waals surface area contributed by atoms with Gasteiger partial charge in [-0.1, -0.05) is 5.16 Å². The number of hydrogen-bond donors (Lipinski definition) is 1. The van der Waals surface area contributed by atoms with Crippen LogP contribution in [-0.4, -0.2) is 27.3 Å². The first-order valence-electron chi connectivity index (χ1n) is 4.35. The number of carboxylic acid groups (broad SMARTS) is 1. The van der Waals surface area contributed by atoms with E-state index >= 15 is 0 Å². The minimum Gasteiger partial charge on any atom is -0.479 e. The first-order chi connectivity index (χ1) is 6.66. The van der Waals surface area contributed by atoms with Crippen LogP contribution in [0.25, 0.3) is 0 Å². The average Bonchev–Trinajstić information content (AvgIpc) is 2.70. The molecule has 0 saturated carbocycles. The van der Waals surface area contributed by atoms with Gasteiger partial charge in [0.1, 0.15) is 6.10 Å². The molecular formula is C8H10N2O4. The topological polar surface area (TPSA) is 85.5 Å². The Morgan fingerprint density at radius 3 is 2.86 bits per heavy atom. The lowest BCUT2D eigenvalue weighted by molar-refractivity contribution is -0.150. The van der Waals surface area contributed by atoms with Crippen molar-refractivity contribution < 1.29 is 19.2 Å². The van der Waals surface area contributed by atoms with Gasteiger partial charge in [0.15, 0.2) is 11.9 Å². The van der Waals surface area contributed by atoms with Crippen LogP contribution in [0.3, 0.4) is 0 Å². The summed E-state index contributed by atoms with van der Waals surface area (Å²) in [6.07, 6.45) is -0.00969. The Kier molecular flexibility index (Phi) is 2.20. The van der Waals surface area contributed by atoms with Crippen LogP contribution in [0, 0.1) is 6.92 Å². The van der Waals surface area contributed by atoms with Crippen molar-refractivity contribution in [3.8, 4) is 0 Å². The molecule has 2 heterocycles. The zero-order chi connectivity index (χ0) is 10.1. The number of rotatable bonds is 2. The molecular weight excluding hydrogens is 188 g/mol. The van der Waals surface area contributed by atoms with Gasteiger partial charge in [0.25, 0.3) is 5.89 Å². The molecule has 1 aromatic heterocycles. The number of aromatic nitrogens is 2. The van der Waals surface area contributed by atoms with Gasteiger partial charge in [-0.05, 0) is 19.8 Å². The molecule has 1 N–H and O–H groups in total. The second-order valence-corrected chi connectivity index (χ2v) is 3.21. The molecule has 1 fully saturated rings. The molecule has 2 atom stereocenters. The van der Waals surface area contributed by atoms with E-state index in [-0.39, 0.29) is 6.10 Å². The minimum atomic E-state index is -0.941. The monoisotopic (exact) mass is 198 g/mol. The van der Waals surface area contributed by atoms with E-state index in [9.17, 15) is 4.79 Å². The van der Waals surface area contributed by atoms with E-state index in [0.717, 1.165) is 0 Å². The molecule has 0 aromatic carbocycles. The normalized spacial score (nSPS) is 26.6. The van der Waals surface area contributed by atoms with Crippen LogP contribution >= 0.6 is 0 Å². The number of carboxylic acids is 1. The Hall–Kier alpha value is -1.43. The van der Waals surface area contributed by atoms with Crippen molar-refractivity contribution in [2.45, 2.75) is 32.0 Å². The van der Waals surface area contributed by atoms with E-state index in [4.69, 9.17) is 14.4 Å². The van der Waals surface area contributed by atoms with Crippen molar-refractivity contribution in [2.75, 3.05) is 0 Å². The number of aliphatic carboxylic acids is 1. The average molecular weight is 198 g/mol. The predicted molar refractivity (Wildman–Crippen MR) is 43.5 cm³/mol. The maximum Gasteiger partial charge on any atom is 0.332 e. The maximum atomic E-state index is 10.6. The summed E-state index contributed by atoms with van der Waals surface area (Å²) < 4.78 is 10.1. The van der Waals surface area contributed by atoms with Crippen LogP contribution in [0.15, 0.2) is 4.52 Å². The van der Waals surface area contributed by atoms with E-state index in [1.54, 1.807) is 6.92 Å². The molecule has 0 radical (unpaired) electrons. The summed E-state index contributed by atoms with van der Waals surface area (Å²) in [6, 6.07) is 0. The van der Waals surface area contributed by atoms with Crippen LogP contribution in [-0.2, 0) is 9.53 Å². The van der Waals surface area contributed by atoms with Crippen molar-refractivity contribution in [2.24, 2.45) is 0 Å². The Morgan fingerprint density at radius 1 is 1.57 bits per heavy atom. The fraction of sp³-hybridized carbons (Fsp3) is 0.625. The molecule has 1 saturated heterocycles. The third-order valence-corrected chi connectivity index (χ3v) is 2.11. The van der Waals surface area contributed by atoms with Gasteiger partial charge in [0.05, 0.1) is 0 Å². The van der Waals surface area contributed by atoms with E-state index in [1.807, 2.05) is 0 Å². The Balaban J connectivity index is 2.05. The molecule has 2 rings (SSSR count). The summed E-state index contributed by atoms with van der Waals surface area (Å²) in [5.74, 6) is -0.0441. The summed E-state index contributed by atoms with van der Waals surface area (Å²) in [6.45, 7) is 1.70. The highest BCUT2D eigenvalue weighted by Crippen LogP contribution is 2.31. The van der Waals surface area contributed by atoms with E-state index in [1.165, 1.54) is 0 Å². The molecule has 0 amide bonds. The maximum absolute atomic E-state index is 10.6. The van der Waals surface area contributed by atoms with Crippen LogP contribution in [0.2, 0.25) is 0 Å². The molecule has 76 valence electrons. The molecule has 0 aliphatic carbocycles. The summed E-state index contributed by atoms with van der Waals surface area (Å²) in [5, 5.41) is 12.3. The number of ether oxygens (including phenoxy) is 1. The van der Waals surface area contributed by atoms with Crippen molar-refractivity contribution >= 4 is 5.97 Å². The fourth-order valence-electron chi connectivity index (χ4n) is 1.44. The van der Waals surface area contributed by atoms with Gasteiger partial charge >= 0.3 is 5.97 Å². The van der Waals surface area contributed by atoms with Gasteiger partial charge in [-0.15, -0.1) is 0 Å². The number of hydrogen-bond acceptors (Lipinski definition) is 5. The highest BCUT2D eigenvalue weighted by Gasteiger charge is 2.34. The summed E-state index contributed by atoms with van der Waals surface area (Å²) in [4.78, 5) is 14.6. The predicted octanol–water partition coefficient (Wildman–Crippen LogP) is 0.683. The Labute approximate surface area is 79.9 Å². The molecule has 0 bridgehead atoms. The third-order valence-electron chi connectivity index (χ3n) is 2.11. The van der Waals surface area contributed by atoms with Gasteiger partial charge in [0.2, 0.25) is 0 Å². The molecule has 1 aromatic rings. The zero-order valence-electron chi connectivity index (χ0n) is 7.64. The van der Waals surface area contributed by atoms with Gasteiger partial charge < -0.3 is 14.4 Å². The third kappa shape index (κ3) is 1.60. The van der Waals surface area contributed by atoms with Crippen LogP contribution in [0.5, 0.6) is 0 Å². The summed E-state index contributed by atoms with van der Waals surface area (Å²) in [5.41, 5.74) is 0. The molecule has 1 aliphatic heterocycles. The smallest absolute Gasteiger partial charge is 0.332 e. The van der Waals surface area contributed by atoms with Crippen molar-refractivity contribution in [1.82, 2.24) is 10.1 Å². The van der Waals surface area contributed by atoms with E-state index < -0.39 is 12.1 Å². The molecule has 14 heavy (non-hydrogen) atoms. The lowest BCUT2D eigenvalue weighted by Gasteiger charge is -2.05. The summed E-state index contributed by atoms with van der Waals surface area (Å²) in [7, 11) is 0. The first-order valence-corrected chi connectivity index (χ1v) is 4.35. The van der Waals surface area contributed by atoms with Crippen molar-refractivity contribution in [1.29, 1.82) is 0 Å². The van der Waals surface area contributed by atoms with Crippen LogP contribution in [0.1, 0.15) is 30.7 Å². The highest BCUT2D eigenvalue weighted by molar-refractivity contribution is 5.72. The minimum absolute atomic E-state index is 0.364. The van der Waals surface area contributed by atoms with Crippen LogP contribution in [0.4, 0.5) is 0 Å². The summed E-state index contributed by atoms with van der Waals surface area (Å²) >= 11 is 0. The molecule has 0 unspecified atom stereocenters. The number of aryl methyl sites for hydroxylation is 1. The number of carbonyl (C=O) groups is 1. The molecule has 6 heteroatoms. The zero-order valence-corrected chi connectivity index (χ0v) is 7.64. The lowest BCUT2D eigenvalue weighted by atomic mass is 10.2. The molecule has 1 aliphatic rings. The Morgan fingerprint density at radius 2 is 2.36 bits per heavy atom. The largest absolute Gasteiger partial charge is 0.479 e. The number of nitrogens with zero attached hydrogens (tertiary/aromatic N) is 2. The van der Waals surface area contributed by atoms with Gasteiger partial charge in [-0.3, -0.25) is 0 Å². The Bertz CT molecular complexity index is 349. The lowest BCUT2D eigenvalue weighted by Crippen LogP contribution is -2.18. The quantitative estimate of drug-likeness (QED) is 0.752.